The van der Waals surface area contributed by atoms with Gasteiger partial charge in [0.1, 0.15) is 0 Å². The number of diazo groups is 1. The number of morpholine rings is 1. The zero-order valence-electron chi connectivity index (χ0n) is 12.4. The molecule has 1 heterocycles. The van der Waals surface area contributed by atoms with E-state index in [-0.39, 0.29) is 4.70 Å². The van der Waals surface area contributed by atoms with Crippen molar-refractivity contribution in [3.63, 3.8) is 0 Å². The maximum Gasteiger partial charge on any atom is -1.00 e. The average Bonchev–Trinajstić information content (AvgIpc) is 2.39. The molecular formula is C12H16F6N3OP. The van der Waals surface area contributed by atoms with Gasteiger partial charge in [-0.2, -0.15) is 0 Å². The van der Waals surface area contributed by atoms with E-state index in [1.807, 2.05) is 19.9 Å². The van der Waals surface area contributed by atoms with Crippen LogP contribution in [0.1, 0.15) is 11.1 Å². The summed E-state index contributed by atoms with van der Waals surface area (Å²) in [5.74, 6) is 0. The van der Waals surface area contributed by atoms with Crippen molar-refractivity contribution in [2.24, 2.45) is 0 Å². The van der Waals surface area contributed by atoms with E-state index in [2.05, 4.69) is 15.9 Å². The summed E-state index contributed by atoms with van der Waals surface area (Å²) in [4.78, 5) is 5.59. The molecule has 0 saturated carbocycles. The first-order chi connectivity index (χ1) is 9.96. The van der Waals surface area contributed by atoms with Gasteiger partial charge in [-0.1, -0.05) is 0 Å². The Balaban J connectivity index is 0.000000599. The molecule has 0 N–H and O–H groups in total. The Hall–Kier alpha value is -1.59. The third kappa shape index (κ3) is 8.57. The predicted octanol–water partition coefficient (Wildman–Crippen LogP) is 2.59. The van der Waals surface area contributed by atoms with E-state index >= 15 is 0 Å². The number of nitrogens with zero attached hydrogens (tertiary/aromatic N) is 3. The number of hydrogen-bond acceptors (Lipinski definition) is 3. The maximum atomic E-state index is 9.84. The Labute approximate surface area is 129 Å². The summed E-state index contributed by atoms with van der Waals surface area (Å²) in [5, 5.41) is 8.84. The molecule has 1 fully saturated rings. The van der Waals surface area contributed by atoms with E-state index < -0.39 is 8.16 Å². The minimum Gasteiger partial charge on any atom is -1.00 e. The van der Waals surface area contributed by atoms with Crippen LogP contribution in [0.2, 0.25) is 0 Å². The summed E-state index contributed by atoms with van der Waals surface area (Å²) in [7, 11) is -8.55. The molecule has 1 aromatic rings. The Kier molecular flexibility index (Phi) is 7.26. The second-order valence-corrected chi connectivity index (χ2v) is 6.04. The standard InChI is InChI=1S/C12H16N3O.F5P.FH/c1-9-8-12(10(2)7-11(9)14-13)15-3-5-16-6-4-15;1-6(2,3,4)5;/h7-8H,3-6H2,1-2H3;;1H/q+1;;/p-1. The van der Waals surface area contributed by atoms with Crippen LogP contribution in [0.15, 0.2) is 12.1 Å². The van der Waals surface area contributed by atoms with E-state index in [0.29, 0.717) is 5.69 Å². The molecule has 0 atom stereocenters. The first-order valence-corrected chi connectivity index (χ1v) is 8.05. The molecule has 0 bridgehead atoms. The van der Waals surface area contributed by atoms with Crippen LogP contribution in [0.3, 0.4) is 0 Å². The van der Waals surface area contributed by atoms with E-state index in [4.69, 9.17) is 10.1 Å². The van der Waals surface area contributed by atoms with Gasteiger partial charge in [-0.15, -0.1) is 0 Å². The fourth-order valence-electron chi connectivity index (χ4n) is 2.04. The molecule has 0 aliphatic carbocycles. The third-order valence-electron chi connectivity index (χ3n) is 2.97. The van der Waals surface area contributed by atoms with Crippen LogP contribution in [0.5, 0.6) is 0 Å². The minimum atomic E-state index is -8.55. The molecule has 0 unspecified atom stereocenters. The van der Waals surface area contributed by atoms with Crippen molar-refractivity contribution >= 4 is 19.5 Å². The average molecular weight is 363 g/mol. The topological polar surface area (TPSA) is 40.6 Å². The number of hydrogen-bond donors (Lipinski definition) is 0. The largest absolute Gasteiger partial charge is 1.00 e. The van der Waals surface area contributed by atoms with Crippen molar-refractivity contribution in [1.29, 1.82) is 5.39 Å². The molecule has 0 amide bonds. The molecule has 1 aliphatic rings. The molecule has 1 aliphatic heterocycles. The quantitative estimate of drug-likeness (QED) is 0.438. The Morgan fingerprint density at radius 2 is 1.52 bits per heavy atom. The molecule has 1 aromatic carbocycles. The molecule has 23 heavy (non-hydrogen) atoms. The molecule has 0 spiro atoms. The van der Waals surface area contributed by atoms with Gasteiger partial charge in [-0.3, -0.25) is 0 Å². The molecule has 1 saturated heterocycles. The zero-order chi connectivity index (χ0) is 17.0. The molecule has 2 rings (SSSR count). The number of ether oxygens (including phenoxy) is 1. The van der Waals surface area contributed by atoms with Gasteiger partial charge in [0.15, 0.2) is 4.98 Å². The molecule has 132 valence electrons. The van der Waals surface area contributed by atoms with Crippen LogP contribution >= 0.6 is 8.16 Å². The summed E-state index contributed by atoms with van der Waals surface area (Å²) in [6.07, 6.45) is 0. The number of rotatable bonds is 1. The molecule has 4 nitrogen and oxygen atoms in total. The molecule has 11 heteroatoms. The number of benzene rings is 1. The van der Waals surface area contributed by atoms with Gasteiger partial charge >= 0.3 is 34.8 Å². The second-order valence-electron chi connectivity index (χ2n) is 4.76. The molecule has 0 radical (unpaired) electrons. The summed E-state index contributed by atoms with van der Waals surface area (Å²) in [6, 6.07) is 4.00. The van der Waals surface area contributed by atoms with Crippen molar-refractivity contribution in [3.05, 3.63) is 28.2 Å². The van der Waals surface area contributed by atoms with Crippen LogP contribution in [0, 0.1) is 19.2 Å². The van der Waals surface area contributed by atoms with Crippen LogP contribution in [-0.2, 0) is 4.74 Å². The van der Waals surface area contributed by atoms with E-state index in [9.17, 15) is 21.0 Å². The number of anilines is 1. The smallest absolute Gasteiger partial charge is 1.00 e. The van der Waals surface area contributed by atoms with Gasteiger partial charge in [0, 0.05) is 30.4 Å². The van der Waals surface area contributed by atoms with Crippen molar-refractivity contribution in [2.45, 2.75) is 13.8 Å². The van der Waals surface area contributed by atoms with E-state index in [1.165, 1.54) is 5.69 Å². The van der Waals surface area contributed by atoms with Crippen LogP contribution in [0.25, 0.3) is 4.98 Å². The maximum absolute atomic E-state index is 9.84. The zero-order valence-corrected chi connectivity index (χ0v) is 13.3. The van der Waals surface area contributed by atoms with Crippen molar-refractivity contribution in [2.75, 3.05) is 31.2 Å². The van der Waals surface area contributed by atoms with Crippen LogP contribution in [0.4, 0.5) is 32.4 Å². The summed E-state index contributed by atoms with van der Waals surface area (Å²) >= 11 is 0. The van der Waals surface area contributed by atoms with Crippen LogP contribution in [-0.4, -0.2) is 26.3 Å². The van der Waals surface area contributed by atoms with Gasteiger partial charge in [0.05, 0.1) is 13.2 Å². The fourth-order valence-corrected chi connectivity index (χ4v) is 2.04. The number of aryl methyl sites for hydroxylation is 2. The van der Waals surface area contributed by atoms with Gasteiger partial charge < -0.3 is 14.3 Å². The summed E-state index contributed by atoms with van der Waals surface area (Å²) in [5.41, 5.74) is 4.00. The monoisotopic (exact) mass is 363 g/mol. The predicted molar refractivity (Wildman–Crippen MR) is 76.2 cm³/mol. The van der Waals surface area contributed by atoms with Crippen LogP contribution < -0.4 is 9.60 Å². The van der Waals surface area contributed by atoms with Gasteiger partial charge in [0.25, 0.3) is 0 Å². The van der Waals surface area contributed by atoms with E-state index in [1.54, 1.807) is 0 Å². The first-order valence-electron chi connectivity index (χ1n) is 6.36. The normalized spacial score (nSPS) is 16.1. The third-order valence-corrected chi connectivity index (χ3v) is 2.97. The molecular weight excluding hydrogens is 347 g/mol. The number of halogens is 6. The minimum absolute atomic E-state index is 0. The van der Waals surface area contributed by atoms with Crippen molar-refractivity contribution in [1.82, 2.24) is 0 Å². The van der Waals surface area contributed by atoms with Crippen molar-refractivity contribution in [3.8, 4) is 0 Å². The Bertz CT molecular complexity index is 562. The first kappa shape index (κ1) is 21.4. The Morgan fingerprint density at radius 3 is 1.96 bits per heavy atom. The SMILES string of the molecule is Cc1cc(N2CCOCC2)c(C)cc1[N+]#N.FP(F)(F)(F)F.[F-]. The Morgan fingerprint density at radius 1 is 1.04 bits per heavy atom. The summed E-state index contributed by atoms with van der Waals surface area (Å²) in [6.45, 7) is 7.42. The fraction of sp³-hybridized carbons (Fsp3) is 0.500. The van der Waals surface area contributed by atoms with Gasteiger partial charge in [-0.05, 0) is 25.5 Å². The summed E-state index contributed by atoms with van der Waals surface area (Å²) < 4.78 is 54.5. The van der Waals surface area contributed by atoms with Gasteiger partial charge in [0.2, 0.25) is 5.39 Å². The van der Waals surface area contributed by atoms with Crippen molar-refractivity contribution < 1.29 is 30.4 Å². The second kappa shape index (κ2) is 7.79. The van der Waals surface area contributed by atoms with Gasteiger partial charge in [-0.25, -0.2) is 0 Å². The van der Waals surface area contributed by atoms with E-state index in [0.717, 1.165) is 37.4 Å². The molecule has 0 aromatic heterocycles.